The SMILES string of the molecule is Cc1cc(C(=O)NC(CCO)C(=O)O)c(C)o1. The number of furan rings is 1. The van der Waals surface area contributed by atoms with E-state index < -0.39 is 17.9 Å². The van der Waals surface area contributed by atoms with Gasteiger partial charge in [-0.15, -0.1) is 0 Å². The highest BCUT2D eigenvalue weighted by Crippen LogP contribution is 2.13. The van der Waals surface area contributed by atoms with Crippen LogP contribution in [0, 0.1) is 13.8 Å². The molecule has 0 aliphatic rings. The van der Waals surface area contributed by atoms with E-state index in [1.54, 1.807) is 19.9 Å². The molecule has 1 atom stereocenters. The second kappa shape index (κ2) is 5.49. The van der Waals surface area contributed by atoms with Gasteiger partial charge in [-0.2, -0.15) is 0 Å². The number of aliphatic hydroxyl groups excluding tert-OH is 1. The molecule has 94 valence electrons. The molecule has 0 bridgehead atoms. The van der Waals surface area contributed by atoms with E-state index in [4.69, 9.17) is 14.6 Å². The maximum absolute atomic E-state index is 11.8. The highest BCUT2D eigenvalue weighted by atomic mass is 16.4. The molecule has 1 heterocycles. The molecule has 1 aromatic heterocycles. The fourth-order valence-corrected chi connectivity index (χ4v) is 1.48. The third kappa shape index (κ3) is 3.32. The lowest BCUT2D eigenvalue weighted by molar-refractivity contribution is -0.139. The fourth-order valence-electron chi connectivity index (χ4n) is 1.48. The normalized spacial score (nSPS) is 12.2. The van der Waals surface area contributed by atoms with Crippen molar-refractivity contribution < 1.29 is 24.2 Å². The zero-order valence-electron chi connectivity index (χ0n) is 9.69. The minimum atomic E-state index is -1.18. The van der Waals surface area contributed by atoms with Crippen molar-refractivity contribution in [1.29, 1.82) is 0 Å². The van der Waals surface area contributed by atoms with Crippen LogP contribution in [0.25, 0.3) is 0 Å². The summed E-state index contributed by atoms with van der Waals surface area (Å²) in [6.45, 7) is 3.02. The lowest BCUT2D eigenvalue weighted by Gasteiger charge is -2.12. The Morgan fingerprint density at radius 3 is 2.53 bits per heavy atom. The molecule has 0 aromatic carbocycles. The van der Waals surface area contributed by atoms with Gasteiger partial charge < -0.3 is 19.9 Å². The van der Waals surface area contributed by atoms with Gasteiger partial charge in [0.05, 0.1) is 5.56 Å². The van der Waals surface area contributed by atoms with Crippen molar-refractivity contribution in [3.63, 3.8) is 0 Å². The molecule has 0 fully saturated rings. The summed E-state index contributed by atoms with van der Waals surface area (Å²) in [6.07, 6.45) is -0.0308. The molecule has 1 unspecified atom stereocenters. The first-order valence-corrected chi connectivity index (χ1v) is 5.17. The van der Waals surface area contributed by atoms with Crippen LogP contribution in [-0.4, -0.2) is 34.7 Å². The molecular weight excluding hydrogens is 226 g/mol. The van der Waals surface area contributed by atoms with Crippen molar-refractivity contribution in [2.75, 3.05) is 6.61 Å². The summed E-state index contributed by atoms with van der Waals surface area (Å²) < 4.78 is 5.18. The quantitative estimate of drug-likeness (QED) is 0.695. The lowest BCUT2D eigenvalue weighted by Crippen LogP contribution is -2.41. The molecule has 3 N–H and O–H groups in total. The van der Waals surface area contributed by atoms with Gasteiger partial charge >= 0.3 is 5.97 Å². The molecule has 0 spiro atoms. The summed E-state index contributed by atoms with van der Waals surface area (Å²) in [4.78, 5) is 22.5. The summed E-state index contributed by atoms with van der Waals surface area (Å²) in [6, 6.07) is 0.449. The Bertz CT molecular complexity index is 423. The van der Waals surface area contributed by atoms with Crippen LogP contribution in [0.1, 0.15) is 28.3 Å². The number of carboxylic acids is 1. The fraction of sp³-hybridized carbons (Fsp3) is 0.455. The first kappa shape index (κ1) is 13.2. The minimum Gasteiger partial charge on any atom is -0.480 e. The summed E-state index contributed by atoms with van der Waals surface area (Å²) >= 11 is 0. The van der Waals surface area contributed by atoms with Gasteiger partial charge in [-0.25, -0.2) is 4.79 Å². The lowest BCUT2D eigenvalue weighted by atomic mass is 10.2. The maximum Gasteiger partial charge on any atom is 0.326 e. The molecule has 17 heavy (non-hydrogen) atoms. The standard InChI is InChI=1S/C11H15NO5/c1-6-5-8(7(2)17-6)10(14)12-9(3-4-13)11(15)16/h5,9,13H,3-4H2,1-2H3,(H,12,14)(H,15,16). The monoisotopic (exact) mass is 241 g/mol. The second-order valence-corrected chi connectivity index (χ2v) is 3.70. The molecule has 1 rings (SSSR count). The zero-order valence-corrected chi connectivity index (χ0v) is 9.69. The third-order valence-electron chi connectivity index (χ3n) is 2.31. The van der Waals surface area contributed by atoms with Gasteiger partial charge in [-0.05, 0) is 19.9 Å². The van der Waals surface area contributed by atoms with Crippen molar-refractivity contribution in [1.82, 2.24) is 5.32 Å². The number of hydrogen-bond acceptors (Lipinski definition) is 4. The molecule has 1 amide bonds. The second-order valence-electron chi connectivity index (χ2n) is 3.70. The van der Waals surface area contributed by atoms with E-state index in [2.05, 4.69) is 5.32 Å². The number of aliphatic carboxylic acids is 1. The Labute approximate surface area is 98.2 Å². The number of aliphatic hydroxyl groups is 1. The largest absolute Gasteiger partial charge is 0.480 e. The van der Waals surface area contributed by atoms with Gasteiger partial charge in [0.15, 0.2) is 0 Å². The Morgan fingerprint density at radius 2 is 2.12 bits per heavy atom. The summed E-state index contributed by atoms with van der Waals surface area (Å²) in [5.41, 5.74) is 0.312. The van der Waals surface area contributed by atoms with E-state index in [0.29, 0.717) is 17.1 Å². The number of nitrogens with one attached hydrogen (secondary N) is 1. The van der Waals surface area contributed by atoms with E-state index in [9.17, 15) is 9.59 Å². The number of hydrogen-bond donors (Lipinski definition) is 3. The van der Waals surface area contributed by atoms with E-state index in [1.165, 1.54) is 0 Å². The number of carbonyl (C=O) groups is 2. The molecule has 1 aromatic rings. The highest BCUT2D eigenvalue weighted by molar-refractivity contribution is 5.97. The molecular formula is C11H15NO5. The number of rotatable bonds is 5. The van der Waals surface area contributed by atoms with Gasteiger partial charge in [-0.3, -0.25) is 4.79 Å². The van der Waals surface area contributed by atoms with E-state index in [1.807, 2.05) is 0 Å². The van der Waals surface area contributed by atoms with Gasteiger partial charge in [-0.1, -0.05) is 0 Å². The van der Waals surface area contributed by atoms with Crippen molar-refractivity contribution >= 4 is 11.9 Å². The first-order valence-electron chi connectivity index (χ1n) is 5.17. The predicted octanol–water partition coefficient (Wildman–Crippen LogP) is 0.462. The number of carbonyl (C=O) groups excluding carboxylic acids is 1. The van der Waals surface area contributed by atoms with Gasteiger partial charge in [0.2, 0.25) is 0 Å². The van der Waals surface area contributed by atoms with Crippen LogP contribution in [0.4, 0.5) is 0 Å². The molecule has 0 aliphatic carbocycles. The van der Waals surface area contributed by atoms with Crippen molar-refractivity contribution in [2.45, 2.75) is 26.3 Å². The topological polar surface area (TPSA) is 99.8 Å². The van der Waals surface area contributed by atoms with Crippen molar-refractivity contribution in [2.24, 2.45) is 0 Å². The number of carboxylic acid groups (broad SMARTS) is 1. The highest BCUT2D eigenvalue weighted by Gasteiger charge is 2.22. The van der Waals surface area contributed by atoms with Gasteiger partial charge in [0.1, 0.15) is 17.6 Å². The molecule has 0 saturated carbocycles. The van der Waals surface area contributed by atoms with E-state index >= 15 is 0 Å². The molecule has 0 radical (unpaired) electrons. The summed E-state index contributed by atoms with van der Waals surface area (Å²) in [5, 5.41) is 19.8. The van der Waals surface area contributed by atoms with Gasteiger partial charge in [0, 0.05) is 13.0 Å². The first-order chi connectivity index (χ1) is 7.95. The molecule has 0 saturated heterocycles. The summed E-state index contributed by atoms with van der Waals surface area (Å²) in [5.74, 6) is -0.666. The molecule has 6 heteroatoms. The van der Waals surface area contributed by atoms with E-state index in [-0.39, 0.29) is 13.0 Å². The van der Waals surface area contributed by atoms with Crippen molar-refractivity contribution in [3.05, 3.63) is 23.2 Å². The Kier molecular flexibility index (Phi) is 4.28. The summed E-state index contributed by atoms with van der Waals surface area (Å²) in [7, 11) is 0. The average Bonchev–Trinajstić information content (AvgIpc) is 2.57. The zero-order chi connectivity index (χ0) is 13.0. The Morgan fingerprint density at radius 1 is 1.47 bits per heavy atom. The van der Waals surface area contributed by atoms with Crippen LogP contribution in [0.3, 0.4) is 0 Å². The molecule has 6 nitrogen and oxygen atoms in total. The smallest absolute Gasteiger partial charge is 0.326 e. The van der Waals surface area contributed by atoms with Crippen LogP contribution < -0.4 is 5.32 Å². The van der Waals surface area contributed by atoms with Crippen LogP contribution in [0.15, 0.2) is 10.5 Å². The molecule has 0 aliphatic heterocycles. The average molecular weight is 241 g/mol. The van der Waals surface area contributed by atoms with Crippen LogP contribution in [0.2, 0.25) is 0 Å². The number of amides is 1. The van der Waals surface area contributed by atoms with E-state index in [0.717, 1.165) is 0 Å². The number of aryl methyl sites for hydroxylation is 2. The van der Waals surface area contributed by atoms with Crippen LogP contribution in [0.5, 0.6) is 0 Å². The predicted molar refractivity (Wildman–Crippen MR) is 58.8 cm³/mol. The third-order valence-corrected chi connectivity index (χ3v) is 2.31. The van der Waals surface area contributed by atoms with Crippen molar-refractivity contribution in [3.8, 4) is 0 Å². The minimum absolute atomic E-state index is 0.0308. The van der Waals surface area contributed by atoms with Gasteiger partial charge in [0.25, 0.3) is 5.91 Å². The Balaban J connectivity index is 2.77. The van der Waals surface area contributed by atoms with Crippen LogP contribution in [-0.2, 0) is 4.79 Å². The Hall–Kier alpha value is -1.82. The van der Waals surface area contributed by atoms with Crippen LogP contribution >= 0.6 is 0 Å². The maximum atomic E-state index is 11.8.